The molecule has 6 nitrogen and oxygen atoms in total. The van der Waals surface area contributed by atoms with E-state index >= 15 is 0 Å². The van der Waals surface area contributed by atoms with Crippen LogP contribution < -0.4 is 4.90 Å². The van der Waals surface area contributed by atoms with E-state index in [1.165, 1.54) is 17.2 Å². The summed E-state index contributed by atoms with van der Waals surface area (Å²) in [5.74, 6) is -0.228. The first kappa shape index (κ1) is 18.5. The van der Waals surface area contributed by atoms with E-state index in [-0.39, 0.29) is 17.2 Å². The van der Waals surface area contributed by atoms with Crippen molar-refractivity contribution in [2.45, 2.75) is 38.1 Å². The van der Waals surface area contributed by atoms with Gasteiger partial charge in [0.25, 0.3) is 11.6 Å². The largest absolute Gasteiger partial charge is 0.371 e. The predicted octanol–water partition coefficient (Wildman–Crippen LogP) is 3.82. The molecule has 1 fully saturated rings. The number of nitro benzene ring substituents is 1. The summed E-state index contributed by atoms with van der Waals surface area (Å²) in [4.78, 5) is 27.8. The van der Waals surface area contributed by atoms with E-state index in [4.69, 9.17) is 0 Å². The number of anilines is 1. The number of nitrogens with zero attached hydrogens (tertiary/aromatic N) is 3. The smallest absolute Gasteiger partial charge is 0.282 e. The molecule has 0 saturated carbocycles. The van der Waals surface area contributed by atoms with Gasteiger partial charge in [-0.3, -0.25) is 14.9 Å². The second-order valence-electron chi connectivity index (χ2n) is 7.73. The number of hydrogen-bond acceptors (Lipinski definition) is 4. The van der Waals surface area contributed by atoms with Crippen molar-refractivity contribution in [3.05, 3.63) is 69.3 Å². The zero-order valence-corrected chi connectivity index (χ0v) is 16.1. The van der Waals surface area contributed by atoms with Gasteiger partial charge in [0.2, 0.25) is 0 Å². The normalized spacial score (nSPS) is 18.6. The molecule has 4 rings (SSSR count). The van der Waals surface area contributed by atoms with Gasteiger partial charge in [0.15, 0.2) is 0 Å². The van der Waals surface area contributed by atoms with Crippen molar-refractivity contribution >= 4 is 17.3 Å². The number of likely N-dealkylation sites (N-methyl/N-ethyl adjacent to an activating group) is 1. The van der Waals surface area contributed by atoms with Gasteiger partial charge >= 0.3 is 0 Å². The Morgan fingerprint density at radius 3 is 2.57 bits per heavy atom. The van der Waals surface area contributed by atoms with Gasteiger partial charge < -0.3 is 9.80 Å². The molecule has 6 heteroatoms. The third-order valence-corrected chi connectivity index (χ3v) is 6.08. The van der Waals surface area contributed by atoms with E-state index in [1.807, 2.05) is 7.05 Å². The van der Waals surface area contributed by atoms with Crippen LogP contribution in [0.5, 0.6) is 0 Å². The van der Waals surface area contributed by atoms with Crippen LogP contribution in [0.2, 0.25) is 0 Å². The minimum Gasteiger partial charge on any atom is -0.371 e. The molecule has 2 aromatic rings. The first-order chi connectivity index (χ1) is 13.5. The van der Waals surface area contributed by atoms with Crippen LogP contribution in [0.25, 0.3) is 0 Å². The maximum Gasteiger partial charge on any atom is 0.282 e. The summed E-state index contributed by atoms with van der Waals surface area (Å²) in [5, 5.41) is 11.5. The summed E-state index contributed by atoms with van der Waals surface area (Å²) in [7, 11) is 2.02. The van der Waals surface area contributed by atoms with Crippen molar-refractivity contribution < 1.29 is 9.72 Å². The quantitative estimate of drug-likeness (QED) is 0.598. The lowest BCUT2D eigenvalue weighted by Crippen LogP contribution is -2.36. The molecule has 1 heterocycles. The van der Waals surface area contributed by atoms with Crippen molar-refractivity contribution in [2.24, 2.45) is 0 Å². The second-order valence-corrected chi connectivity index (χ2v) is 7.73. The Bertz CT molecular complexity index is 906. The Hall–Kier alpha value is -2.89. The maximum absolute atomic E-state index is 12.9. The molecule has 2 aromatic carbocycles. The molecule has 1 aliphatic carbocycles. The zero-order chi connectivity index (χ0) is 19.7. The second kappa shape index (κ2) is 7.62. The fraction of sp³-hybridized carbons (Fsp3) is 0.409. The summed E-state index contributed by atoms with van der Waals surface area (Å²) >= 11 is 0. The van der Waals surface area contributed by atoms with Crippen LogP contribution >= 0.6 is 0 Å². The number of fused-ring (bicyclic) bond motifs is 1. The van der Waals surface area contributed by atoms with Crippen LogP contribution in [0.3, 0.4) is 0 Å². The van der Waals surface area contributed by atoms with Crippen LogP contribution in [0.4, 0.5) is 11.4 Å². The SMILES string of the molecule is CN(c1ccc([N+](=O)[O-])c(C(=O)N2CCCC2)c1)C1CCc2ccccc2C1. The molecular weight excluding hydrogens is 354 g/mol. The monoisotopic (exact) mass is 379 g/mol. The molecule has 1 aliphatic heterocycles. The number of benzene rings is 2. The summed E-state index contributed by atoms with van der Waals surface area (Å²) in [5.41, 5.74) is 3.72. The lowest BCUT2D eigenvalue weighted by molar-refractivity contribution is -0.385. The summed E-state index contributed by atoms with van der Waals surface area (Å²) in [6, 6.07) is 13.8. The molecule has 0 bridgehead atoms. The van der Waals surface area contributed by atoms with E-state index in [0.717, 1.165) is 37.8 Å². The molecule has 1 amide bonds. The standard InChI is InChI=1S/C22H25N3O3/c1-23(18-9-8-16-6-2-3-7-17(16)14-18)19-10-11-21(25(27)28)20(15-19)22(26)24-12-4-5-13-24/h2-3,6-7,10-11,15,18H,4-5,8-9,12-14H2,1H3. The molecule has 0 N–H and O–H groups in total. The molecule has 146 valence electrons. The summed E-state index contributed by atoms with van der Waals surface area (Å²) < 4.78 is 0. The number of aryl methyl sites for hydroxylation is 1. The Balaban J connectivity index is 1.62. The molecule has 1 unspecified atom stereocenters. The van der Waals surface area contributed by atoms with Gasteiger partial charge in [-0.1, -0.05) is 24.3 Å². The fourth-order valence-corrected chi connectivity index (χ4v) is 4.38. The summed E-state index contributed by atoms with van der Waals surface area (Å²) in [6.45, 7) is 1.35. The predicted molar refractivity (Wildman–Crippen MR) is 109 cm³/mol. The van der Waals surface area contributed by atoms with E-state index < -0.39 is 4.92 Å². The van der Waals surface area contributed by atoms with E-state index in [0.29, 0.717) is 19.1 Å². The zero-order valence-electron chi connectivity index (χ0n) is 16.1. The number of amides is 1. The van der Waals surface area contributed by atoms with Gasteiger partial charge in [-0.2, -0.15) is 0 Å². The molecule has 1 saturated heterocycles. The molecule has 1 atom stereocenters. The first-order valence-corrected chi connectivity index (χ1v) is 9.92. The highest BCUT2D eigenvalue weighted by Crippen LogP contribution is 2.31. The van der Waals surface area contributed by atoms with Gasteiger partial charge in [0, 0.05) is 37.9 Å². The number of carbonyl (C=O) groups excluding carboxylic acids is 1. The first-order valence-electron chi connectivity index (χ1n) is 9.92. The average Bonchev–Trinajstić information content (AvgIpc) is 3.26. The Morgan fingerprint density at radius 2 is 1.86 bits per heavy atom. The Labute approximate surface area is 164 Å². The number of hydrogen-bond donors (Lipinski definition) is 0. The Morgan fingerprint density at radius 1 is 1.14 bits per heavy atom. The highest BCUT2D eigenvalue weighted by molar-refractivity contribution is 5.99. The maximum atomic E-state index is 12.9. The van der Waals surface area contributed by atoms with Gasteiger partial charge in [-0.25, -0.2) is 0 Å². The van der Waals surface area contributed by atoms with E-state index in [9.17, 15) is 14.9 Å². The highest BCUT2D eigenvalue weighted by atomic mass is 16.6. The van der Waals surface area contributed by atoms with Gasteiger partial charge in [-0.05, 0) is 55.4 Å². The number of rotatable bonds is 4. The van der Waals surface area contributed by atoms with Crippen LogP contribution in [0, 0.1) is 10.1 Å². The molecule has 0 aromatic heterocycles. The molecule has 2 aliphatic rings. The van der Waals surface area contributed by atoms with Gasteiger partial charge in [0.05, 0.1) is 4.92 Å². The van der Waals surface area contributed by atoms with Crippen molar-refractivity contribution in [1.29, 1.82) is 0 Å². The number of nitro groups is 1. The lowest BCUT2D eigenvalue weighted by Gasteiger charge is -2.34. The minimum absolute atomic E-state index is 0.108. The summed E-state index contributed by atoms with van der Waals surface area (Å²) in [6.07, 6.45) is 4.91. The van der Waals surface area contributed by atoms with Crippen LogP contribution in [0.1, 0.15) is 40.7 Å². The molecule has 0 spiro atoms. The molecule has 28 heavy (non-hydrogen) atoms. The van der Waals surface area contributed by atoms with E-state index in [2.05, 4.69) is 29.2 Å². The average molecular weight is 379 g/mol. The van der Waals surface area contributed by atoms with Crippen molar-refractivity contribution in [3.8, 4) is 0 Å². The van der Waals surface area contributed by atoms with Crippen LogP contribution in [0.15, 0.2) is 42.5 Å². The van der Waals surface area contributed by atoms with Crippen molar-refractivity contribution in [1.82, 2.24) is 4.90 Å². The molecule has 0 radical (unpaired) electrons. The van der Waals surface area contributed by atoms with Crippen LogP contribution in [-0.2, 0) is 12.8 Å². The Kier molecular flexibility index (Phi) is 5.03. The van der Waals surface area contributed by atoms with Gasteiger partial charge in [-0.15, -0.1) is 0 Å². The number of carbonyl (C=O) groups is 1. The van der Waals surface area contributed by atoms with Crippen molar-refractivity contribution in [2.75, 3.05) is 25.0 Å². The van der Waals surface area contributed by atoms with Crippen LogP contribution in [-0.4, -0.2) is 41.9 Å². The third-order valence-electron chi connectivity index (χ3n) is 6.08. The van der Waals surface area contributed by atoms with E-state index in [1.54, 1.807) is 17.0 Å². The minimum atomic E-state index is -0.454. The number of likely N-dealkylation sites (tertiary alicyclic amines) is 1. The third kappa shape index (κ3) is 3.46. The fourth-order valence-electron chi connectivity index (χ4n) is 4.38. The topological polar surface area (TPSA) is 66.7 Å². The highest BCUT2D eigenvalue weighted by Gasteiger charge is 2.29. The van der Waals surface area contributed by atoms with Gasteiger partial charge in [0.1, 0.15) is 5.56 Å². The molecular formula is C22H25N3O3. The van der Waals surface area contributed by atoms with Crippen molar-refractivity contribution in [3.63, 3.8) is 0 Å². The lowest BCUT2D eigenvalue weighted by atomic mass is 9.87.